The van der Waals surface area contributed by atoms with Crippen LogP contribution in [-0.4, -0.2) is 18.1 Å². The second-order valence-corrected chi connectivity index (χ2v) is 5.19. The van der Waals surface area contributed by atoms with E-state index in [1.807, 2.05) is 25.2 Å². The number of pyridine rings is 1. The first kappa shape index (κ1) is 14.9. The Bertz CT molecular complexity index is 545. The zero-order valence-electron chi connectivity index (χ0n) is 11.4. The van der Waals surface area contributed by atoms with Crippen molar-refractivity contribution in [3.8, 4) is 0 Å². The molecule has 0 aliphatic rings. The molecule has 1 atom stereocenters. The van der Waals surface area contributed by atoms with Gasteiger partial charge < -0.3 is 5.32 Å². The molecule has 1 heterocycles. The summed E-state index contributed by atoms with van der Waals surface area (Å²) >= 11 is 6.07. The normalized spacial score (nSPS) is 12.3. The van der Waals surface area contributed by atoms with Crippen LogP contribution in [0.1, 0.15) is 17.7 Å². The van der Waals surface area contributed by atoms with Crippen molar-refractivity contribution >= 4 is 11.6 Å². The maximum atomic E-state index is 13.0. The minimum Gasteiger partial charge on any atom is -0.317 e. The quantitative estimate of drug-likeness (QED) is 0.879. The molecule has 1 aromatic carbocycles. The number of benzene rings is 1. The van der Waals surface area contributed by atoms with Gasteiger partial charge in [-0.2, -0.15) is 0 Å². The molecule has 0 aliphatic heterocycles. The first-order chi connectivity index (χ1) is 9.69. The molecule has 0 amide bonds. The summed E-state index contributed by atoms with van der Waals surface area (Å²) in [5.41, 5.74) is 2.05. The van der Waals surface area contributed by atoms with Crippen LogP contribution in [-0.2, 0) is 12.8 Å². The van der Waals surface area contributed by atoms with E-state index in [1.54, 1.807) is 12.3 Å². The van der Waals surface area contributed by atoms with Crippen molar-refractivity contribution in [2.24, 2.45) is 0 Å². The molecule has 2 rings (SSSR count). The lowest BCUT2D eigenvalue weighted by Gasteiger charge is -2.16. The second-order valence-electron chi connectivity index (χ2n) is 4.79. The van der Waals surface area contributed by atoms with E-state index < -0.39 is 0 Å². The zero-order valence-corrected chi connectivity index (χ0v) is 12.2. The van der Waals surface area contributed by atoms with Crippen molar-refractivity contribution in [2.75, 3.05) is 7.05 Å². The Balaban J connectivity index is 1.95. The molecular formula is C16H18ClFN2. The third kappa shape index (κ3) is 4.29. The van der Waals surface area contributed by atoms with Crippen molar-refractivity contribution in [2.45, 2.75) is 25.3 Å². The molecule has 20 heavy (non-hydrogen) atoms. The Morgan fingerprint density at radius 1 is 1.30 bits per heavy atom. The zero-order chi connectivity index (χ0) is 14.4. The highest BCUT2D eigenvalue weighted by Gasteiger charge is 2.11. The predicted octanol–water partition coefficient (Wildman–Crippen LogP) is 3.64. The monoisotopic (exact) mass is 292 g/mol. The van der Waals surface area contributed by atoms with Crippen LogP contribution in [0.4, 0.5) is 4.39 Å². The molecule has 0 saturated heterocycles. The fraction of sp³-hybridized carbons (Fsp3) is 0.312. The summed E-state index contributed by atoms with van der Waals surface area (Å²) in [7, 11) is 1.93. The lowest BCUT2D eigenvalue weighted by Crippen LogP contribution is -2.28. The summed E-state index contributed by atoms with van der Waals surface area (Å²) in [6.45, 7) is 0. The van der Waals surface area contributed by atoms with Gasteiger partial charge in [0.25, 0.3) is 0 Å². The van der Waals surface area contributed by atoms with E-state index >= 15 is 0 Å². The average molecular weight is 293 g/mol. The largest absolute Gasteiger partial charge is 0.317 e. The van der Waals surface area contributed by atoms with Crippen LogP contribution >= 0.6 is 11.6 Å². The van der Waals surface area contributed by atoms with Gasteiger partial charge in [-0.3, -0.25) is 4.98 Å². The maximum absolute atomic E-state index is 13.0. The first-order valence-electron chi connectivity index (χ1n) is 6.70. The van der Waals surface area contributed by atoms with Crippen LogP contribution in [0.25, 0.3) is 0 Å². The standard InChI is InChI=1S/C16H18ClFN2/c1-19-15(8-7-14-4-2-3-9-20-14)10-12-5-6-13(18)11-16(12)17/h2-6,9,11,15,19H,7-8,10H2,1H3. The van der Waals surface area contributed by atoms with Crippen LogP contribution in [0.5, 0.6) is 0 Å². The molecule has 0 radical (unpaired) electrons. The molecule has 1 aromatic heterocycles. The van der Waals surface area contributed by atoms with E-state index in [4.69, 9.17) is 11.6 Å². The lowest BCUT2D eigenvalue weighted by molar-refractivity contribution is 0.517. The first-order valence-corrected chi connectivity index (χ1v) is 7.08. The number of hydrogen-bond donors (Lipinski definition) is 1. The number of nitrogens with one attached hydrogen (secondary N) is 1. The van der Waals surface area contributed by atoms with Gasteiger partial charge in [0, 0.05) is 23.0 Å². The average Bonchev–Trinajstić information content (AvgIpc) is 2.46. The van der Waals surface area contributed by atoms with E-state index in [-0.39, 0.29) is 5.82 Å². The Labute approximate surface area is 124 Å². The van der Waals surface area contributed by atoms with E-state index in [9.17, 15) is 4.39 Å². The third-order valence-electron chi connectivity index (χ3n) is 3.36. The third-order valence-corrected chi connectivity index (χ3v) is 3.72. The molecule has 2 nitrogen and oxygen atoms in total. The van der Waals surface area contributed by atoms with Gasteiger partial charge in [-0.15, -0.1) is 0 Å². The molecule has 1 unspecified atom stereocenters. The molecule has 4 heteroatoms. The summed E-state index contributed by atoms with van der Waals surface area (Å²) in [5, 5.41) is 3.77. The van der Waals surface area contributed by atoms with Crippen molar-refractivity contribution in [1.29, 1.82) is 0 Å². The number of halogens is 2. The van der Waals surface area contributed by atoms with Crippen molar-refractivity contribution in [3.05, 3.63) is 64.7 Å². The molecule has 0 bridgehead atoms. The highest BCUT2D eigenvalue weighted by molar-refractivity contribution is 6.31. The number of nitrogens with zero attached hydrogens (tertiary/aromatic N) is 1. The predicted molar refractivity (Wildman–Crippen MR) is 80.5 cm³/mol. The Kier molecular flexibility index (Phi) is 5.50. The van der Waals surface area contributed by atoms with Crippen LogP contribution in [0.15, 0.2) is 42.6 Å². The molecular weight excluding hydrogens is 275 g/mol. The minimum atomic E-state index is -0.298. The molecule has 2 aromatic rings. The van der Waals surface area contributed by atoms with Crippen LogP contribution < -0.4 is 5.32 Å². The number of likely N-dealkylation sites (N-methyl/N-ethyl adjacent to an activating group) is 1. The molecule has 0 spiro atoms. The molecule has 106 valence electrons. The Morgan fingerprint density at radius 2 is 2.15 bits per heavy atom. The van der Waals surface area contributed by atoms with Gasteiger partial charge in [-0.1, -0.05) is 23.7 Å². The Hall–Kier alpha value is -1.45. The van der Waals surface area contributed by atoms with Gasteiger partial charge in [0.2, 0.25) is 0 Å². The summed E-state index contributed by atoms with van der Waals surface area (Å²) in [6, 6.07) is 10.8. The fourth-order valence-electron chi connectivity index (χ4n) is 2.17. The number of aromatic nitrogens is 1. The summed E-state index contributed by atoms with van der Waals surface area (Å²) in [5.74, 6) is -0.298. The van der Waals surface area contributed by atoms with Crippen molar-refractivity contribution in [1.82, 2.24) is 10.3 Å². The van der Waals surface area contributed by atoms with E-state index in [0.29, 0.717) is 11.1 Å². The van der Waals surface area contributed by atoms with Gasteiger partial charge in [0.1, 0.15) is 5.82 Å². The van der Waals surface area contributed by atoms with Gasteiger partial charge in [0.15, 0.2) is 0 Å². The maximum Gasteiger partial charge on any atom is 0.124 e. The molecule has 0 aliphatic carbocycles. The highest BCUT2D eigenvalue weighted by atomic mass is 35.5. The van der Waals surface area contributed by atoms with E-state index in [1.165, 1.54) is 12.1 Å². The van der Waals surface area contributed by atoms with Crippen LogP contribution in [0.2, 0.25) is 5.02 Å². The van der Waals surface area contributed by atoms with Gasteiger partial charge in [0.05, 0.1) is 0 Å². The van der Waals surface area contributed by atoms with E-state index in [2.05, 4.69) is 10.3 Å². The lowest BCUT2D eigenvalue weighted by atomic mass is 10.0. The van der Waals surface area contributed by atoms with Crippen molar-refractivity contribution in [3.63, 3.8) is 0 Å². The smallest absolute Gasteiger partial charge is 0.124 e. The number of rotatable bonds is 6. The highest BCUT2D eigenvalue weighted by Crippen LogP contribution is 2.19. The molecule has 0 fully saturated rings. The van der Waals surface area contributed by atoms with E-state index in [0.717, 1.165) is 30.5 Å². The van der Waals surface area contributed by atoms with Gasteiger partial charge in [-0.25, -0.2) is 4.39 Å². The van der Waals surface area contributed by atoms with Gasteiger partial charge in [-0.05, 0) is 56.1 Å². The number of aryl methyl sites for hydroxylation is 1. The fourth-order valence-corrected chi connectivity index (χ4v) is 2.41. The topological polar surface area (TPSA) is 24.9 Å². The summed E-state index contributed by atoms with van der Waals surface area (Å²) in [4.78, 5) is 4.32. The summed E-state index contributed by atoms with van der Waals surface area (Å²) in [6.07, 6.45) is 4.45. The van der Waals surface area contributed by atoms with Gasteiger partial charge >= 0.3 is 0 Å². The minimum absolute atomic E-state index is 0.292. The SMILES string of the molecule is CNC(CCc1ccccn1)Cc1ccc(F)cc1Cl. The molecule has 0 saturated carbocycles. The Morgan fingerprint density at radius 3 is 2.80 bits per heavy atom. The number of hydrogen-bond acceptors (Lipinski definition) is 2. The summed E-state index contributed by atoms with van der Waals surface area (Å²) < 4.78 is 13.0. The van der Waals surface area contributed by atoms with Crippen LogP contribution in [0, 0.1) is 5.82 Å². The van der Waals surface area contributed by atoms with Crippen LogP contribution in [0.3, 0.4) is 0 Å². The van der Waals surface area contributed by atoms with Crippen molar-refractivity contribution < 1.29 is 4.39 Å². The second kappa shape index (κ2) is 7.36. The molecule has 1 N–H and O–H groups in total.